The van der Waals surface area contributed by atoms with Crippen LogP contribution in [0.4, 0.5) is 0 Å². The van der Waals surface area contributed by atoms with E-state index >= 15 is 0 Å². The highest BCUT2D eigenvalue weighted by atomic mass is 32.2. The molecular formula is C18H20N4O2S. The van der Waals surface area contributed by atoms with Gasteiger partial charge in [-0.05, 0) is 25.1 Å². The Morgan fingerprint density at radius 3 is 2.88 bits per heavy atom. The minimum Gasteiger partial charge on any atom is -0.383 e. The van der Waals surface area contributed by atoms with Gasteiger partial charge >= 0.3 is 0 Å². The van der Waals surface area contributed by atoms with Gasteiger partial charge in [-0.25, -0.2) is 0 Å². The highest BCUT2D eigenvalue weighted by Crippen LogP contribution is 2.25. The van der Waals surface area contributed by atoms with Crippen molar-refractivity contribution >= 4 is 17.5 Å². The quantitative estimate of drug-likeness (QED) is 0.496. The first-order valence-electron chi connectivity index (χ1n) is 7.97. The van der Waals surface area contributed by atoms with Crippen molar-refractivity contribution in [2.45, 2.75) is 18.6 Å². The molecule has 0 unspecified atom stereocenters. The molecule has 0 amide bonds. The van der Waals surface area contributed by atoms with E-state index in [0.717, 1.165) is 17.0 Å². The maximum atomic E-state index is 12.2. The number of ketones is 1. The molecule has 7 heteroatoms. The molecule has 2 aromatic heterocycles. The van der Waals surface area contributed by atoms with Crippen molar-refractivity contribution in [1.29, 1.82) is 0 Å². The molecule has 0 saturated carbocycles. The van der Waals surface area contributed by atoms with Crippen molar-refractivity contribution in [3.8, 4) is 11.4 Å². The Morgan fingerprint density at radius 1 is 1.28 bits per heavy atom. The molecule has 0 radical (unpaired) electrons. The average molecular weight is 356 g/mol. The third kappa shape index (κ3) is 4.18. The number of ether oxygens (including phenoxy) is 1. The Morgan fingerprint density at radius 2 is 2.16 bits per heavy atom. The van der Waals surface area contributed by atoms with Gasteiger partial charge < -0.3 is 9.72 Å². The van der Waals surface area contributed by atoms with Gasteiger partial charge in [-0.3, -0.25) is 9.36 Å². The molecule has 0 aliphatic rings. The number of benzene rings is 1. The monoisotopic (exact) mass is 356 g/mol. The van der Waals surface area contributed by atoms with Gasteiger partial charge in [0, 0.05) is 18.9 Å². The van der Waals surface area contributed by atoms with Crippen molar-refractivity contribution in [1.82, 2.24) is 19.7 Å². The molecular weight excluding hydrogens is 336 g/mol. The van der Waals surface area contributed by atoms with Crippen LogP contribution in [0.5, 0.6) is 0 Å². The minimum absolute atomic E-state index is 0.0356. The van der Waals surface area contributed by atoms with E-state index in [2.05, 4.69) is 21.2 Å². The zero-order valence-electron chi connectivity index (χ0n) is 14.2. The summed E-state index contributed by atoms with van der Waals surface area (Å²) in [6.45, 7) is 3.23. The number of methoxy groups -OCH3 is 1. The van der Waals surface area contributed by atoms with Crippen LogP contribution in [-0.2, 0) is 11.3 Å². The Balaban J connectivity index is 1.82. The fraction of sp³-hybridized carbons (Fsp3) is 0.278. The van der Waals surface area contributed by atoms with Crippen LogP contribution in [0.3, 0.4) is 0 Å². The van der Waals surface area contributed by atoms with Gasteiger partial charge in [0.15, 0.2) is 16.8 Å². The smallest absolute Gasteiger partial charge is 0.192 e. The van der Waals surface area contributed by atoms with Crippen molar-refractivity contribution < 1.29 is 9.53 Å². The first kappa shape index (κ1) is 17.4. The number of hydrogen-bond acceptors (Lipinski definition) is 5. The number of nitrogens with one attached hydrogen (secondary N) is 1. The second kappa shape index (κ2) is 8.13. The first-order chi connectivity index (χ1) is 12.2. The number of carbonyl (C=O) groups is 1. The molecule has 3 rings (SSSR count). The van der Waals surface area contributed by atoms with Crippen molar-refractivity contribution in [2.24, 2.45) is 0 Å². The Kier molecular flexibility index (Phi) is 5.67. The highest BCUT2D eigenvalue weighted by Gasteiger charge is 2.16. The summed E-state index contributed by atoms with van der Waals surface area (Å²) in [5.74, 6) is 1.13. The Bertz CT molecular complexity index is 843. The molecule has 1 N–H and O–H groups in total. The molecule has 2 heterocycles. The van der Waals surface area contributed by atoms with Gasteiger partial charge in [-0.2, -0.15) is 0 Å². The summed E-state index contributed by atoms with van der Waals surface area (Å²) in [7, 11) is 1.66. The summed E-state index contributed by atoms with van der Waals surface area (Å²) in [4.78, 5) is 15.1. The van der Waals surface area contributed by atoms with Gasteiger partial charge in [0.1, 0.15) is 0 Å². The van der Waals surface area contributed by atoms with Crippen LogP contribution >= 0.6 is 11.8 Å². The number of H-pyrrole nitrogens is 1. The fourth-order valence-electron chi connectivity index (χ4n) is 2.49. The maximum Gasteiger partial charge on any atom is 0.192 e. The predicted octanol–water partition coefficient (Wildman–Crippen LogP) is 3.20. The topological polar surface area (TPSA) is 72.8 Å². The summed E-state index contributed by atoms with van der Waals surface area (Å²) in [6.07, 6.45) is 1.74. The van der Waals surface area contributed by atoms with Gasteiger partial charge in [-0.15, -0.1) is 10.2 Å². The molecule has 0 spiro atoms. The number of aryl methyl sites for hydroxylation is 1. The molecule has 0 atom stereocenters. The predicted molar refractivity (Wildman–Crippen MR) is 97.9 cm³/mol. The number of thioether (sulfide) groups is 1. The van der Waals surface area contributed by atoms with Gasteiger partial charge in [0.05, 0.1) is 24.6 Å². The second-order valence-electron chi connectivity index (χ2n) is 5.62. The lowest BCUT2D eigenvalue weighted by Gasteiger charge is -2.10. The summed E-state index contributed by atoms with van der Waals surface area (Å²) in [5, 5.41) is 9.34. The van der Waals surface area contributed by atoms with E-state index in [0.29, 0.717) is 29.8 Å². The molecule has 0 aliphatic carbocycles. The first-order valence-corrected chi connectivity index (χ1v) is 8.96. The molecule has 0 saturated heterocycles. The lowest BCUT2D eigenvalue weighted by Crippen LogP contribution is -2.09. The van der Waals surface area contributed by atoms with Crippen molar-refractivity contribution in [3.05, 3.63) is 53.9 Å². The number of nitrogens with zero attached hydrogens (tertiary/aromatic N) is 3. The SMILES string of the molecule is COCCn1c(SCC(=O)c2ccc[nH]2)nnc1-c1cccc(C)c1. The summed E-state index contributed by atoms with van der Waals surface area (Å²) in [6, 6.07) is 11.7. The number of aromatic nitrogens is 4. The lowest BCUT2D eigenvalue weighted by atomic mass is 10.1. The normalized spacial score (nSPS) is 11.0. The van der Waals surface area contributed by atoms with Gasteiger partial charge in [0.2, 0.25) is 0 Å². The number of aromatic amines is 1. The van der Waals surface area contributed by atoms with E-state index in [1.54, 1.807) is 19.4 Å². The van der Waals surface area contributed by atoms with Crippen molar-refractivity contribution in [2.75, 3.05) is 19.5 Å². The van der Waals surface area contributed by atoms with E-state index in [1.807, 2.05) is 35.8 Å². The van der Waals surface area contributed by atoms with Crippen LogP contribution in [-0.4, -0.2) is 45.0 Å². The van der Waals surface area contributed by atoms with Crippen LogP contribution < -0.4 is 0 Å². The fourth-order valence-corrected chi connectivity index (χ4v) is 3.34. The van der Waals surface area contributed by atoms with Crippen LogP contribution in [0.2, 0.25) is 0 Å². The standard InChI is InChI=1S/C18H20N4O2S/c1-13-5-3-6-14(11-13)17-20-21-18(22(17)9-10-24-2)25-12-16(23)15-7-4-8-19-15/h3-8,11,19H,9-10,12H2,1-2H3. The molecule has 0 aliphatic heterocycles. The number of rotatable bonds is 8. The summed E-state index contributed by atoms with van der Waals surface area (Å²) in [5.41, 5.74) is 2.77. The molecule has 130 valence electrons. The molecule has 0 fully saturated rings. The van der Waals surface area contributed by atoms with E-state index in [-0.39, 0.29) is 5.78 Å². The molecule has 25 heavy (non-hydrogen) atoms. The largest absolute Gasteiger partial charge is 0.383 e. The van der Waals surface area contributed by atoms with E-state index < -0.39 is 0 Å². The van der Waals surface area contributed by atoms with Crippen molar-refractivity contribution in [3.63, 3.8) is 0 Å². The zero-order valence-corrected chi connectivity index (χ0v) is 15.0. The van der Waals surface area contributed by atoms with E-state index in [9.17, 15) is 4.79 Å². The third-order valence-electron chi connectivity index (χ3n) is 3.74. The average Bonchev–Trinajstić information content (AvgIpc) is 3.27. The van der Waals surface area contributed by atoms with Gasteiger partial charge in [0.25, 0.3) is 0 Å². The molecule has 0 bridgehead atoms. The van der Waals surface area contributed by atoms with Crippen LogP contribution in [0.1, 0.15) is 16.1 Å². The molecule has 1 aromatic carbocycles. The summed E-state index contributed by atoms with van der Waals surface area (Å²) >= 11 is 1.39. The molecule has 3 aromatic rings. The number of Topliss-reactive ketones (excluding diaryl/α,β-unsaturated/α-hetero) is 1. The summed E-state index contributed by atoms with van der Waals surface area (Å²) < 4.78 is 7.22. The Labute approximate surface area is 150 Å². The molecule has 6 nitrogen and oxygen atoms in total. The number of carbonyl (C=O) groups excluding carboxylic acids is 1. The maximum absolute atomic E-state index is 12.2. The van der Waals surface area contributed by atoms with Crippen LogP contribution in [0.25, 0.3) is 11.4 Å². The third-order valence-corrected chi connectivity index (χ3v) is 4.71. The number of hydrogen-bond donors (Lipinski definition) is 1. The lowest BCUT2D eigenvalue weighted by molar-refractivity contribution is 0.101. The van der Waals surface area contributed by atoms with E-state index in [4.69, 9.17) is 4.74 Å². The highest BCUT2D eigenvalue weighted by molar-refractivity contribution is 7.99. The van der Waals surface area contributed by atoms with Gasteiger partial charge in [-0.1, -0.05) is 35.5 Å². The van der Waals surface area contributed by atoms with Crippen LogP contribution in [0, 0.1) is 6.92 Å². The van der Waals surface area contributed by atoms with Crippen LogP contribution in [0.15, 0.2) is 47.8 Å². The second-order valence-corrected chi connectivity index (χ2v) is 6.56. The Hall–Kier alpha value is -2.38. The van der Waals surface area contributed by atoms with E-state index in [1.165, 1.54) is 11.8 Å². The zero-order chi connectivity index (χ0) is 17.6. The minimum atomic E-state index is 0.0356.